The van der Waals surface area contributed by atoms with Crippen molar-refractivity contribution in [1.29, 1.82) is 0 Å². The van der Waals surface area contributed by atoms with Crippen molar-refractivity contribution < 1.29 is 14.6 Å². The molecule has 0 fully saturated rings. The van der Waals surface area contributed by atoms with E-state index in [4.69, 9.17) is 5.11 Å². The van der Waals surface area contributed by atoms with Crippen molar-refractivity contribution in [3.8, 4) is 5.75 Å². The average molecular weight is 192 g/mol. The lowest BCUT2D eigenvalue weighted by Gasteiger charge is -1.99. The standard InChI is InChI=1S/C9H8N2O3/c1-11-5-10-7-3-2-6(4-8(7)11)14-9(12)13/h2-5H,1H3,(H,12,13). The molecule has 5 heteroatoms. The maximum Gasteiger partial charge on any atom is 0.511 e. The molecule has 2 rings (SSSR count). The summed E-state index contributed by atoms with van der Waals surface area (Å²) in [6.07, 6.45) is 0.349. The first-order chi connectivity index (χ1) is 6.66. The normalized spacial score (nSPS) is 10.4. The highest BCUT2D eigenvalue weighted by Gasteiger charge is 2.04. The van der Waals surface area contributed by atoms with E-state index in [0.29, 0.717) is 5.75 Å². The van der Waals surface area contributed by atoms with Crippen molar-refractivity contribution in [2.24, 2.45) is 7.05 Å². The molecule has 1 N–H and O–H groups in total. The molecule has 0 saturated carbocycles. The van der Waals surface area contributed by atoms with Crippen molar-refractivity contribution in [3.63, 3.8) is 0 Å². The third-order valence-corrected chi connectivity index (χ3v) is 1.90. The van der Waals surface area contributed by atoms with Crippen LogP contribution in [0.4, 0.5) is 4.79 Å². The van der Waals surface area contributed by atoms with E-state index in [1.807, 2.05) is 7.05 Å². The molecule has 0 aliphatic rings. The van der Waals surface area contributed by atoms with Gasteiger partial charge in [-0.15, -0.1) is 0 Å². The number of aryl methyl sites for hydroxylation is 1. The number of ether oxygens (including phenoxy) is 1. The fourth-order valence-electron chi connectivity index (χ4n) is 1.27. The first-order valence-electron chi connectivity index (χ1n) is 3.98. The molecule has 0 aliphatic heterocycles. The Morgan fingerprint density at radius 1 is 1.57 bits per heavy atom. The average Bonchev–Trinajstić information content (AvgIpc) is 2.47. The van der Waals surface area contributed by atoms with Crippen LogP contribution in [-0.4, -0.2) is 20.8 Å². The summed E-state index contributed by atoms with van der Waals surface area (Å²) in [5.74, 6) is 0.300. The minimum Gasteiger partial charge on any atom is -0.449 e. The number of aromatic nitrogens is 2. The Morgan fingerprint density at radius 3 is 3.07 bits per heavy atom. The van der Waals surface area contributed by atoms with E-state index in [0.717, 1.165) is 11.0 Å². The molecule has 0 unspecified atom stereocenters. The number of imidazole rings is 1. The van der Waals surface area contributed by atoms with Gasteiger partial charge in [-0.25, -0.2) is 9.78 Å². The van der Waals surface area contributed by atoms with Crippen molar-refractivity contribution in [3.05, 3.63) is 24.5 Å². The van der Waals surface area contributed by atoms with Crippen molar-refractivity contribution in [2.75, 3.05) is 0 Å². The van der Waals surface area contributed by atoms with Gasteiger partial charge in [0, 0.05) is 13.1 Å². The predicted octanol–water partition coefficient (Wildman–Crippen LogP) is 1.63. The summed E-state index contributed by atoms with van der Waals surface area (Å²) in [6, 6.07) is 4.92. The zero-order valence-corrected chi connectivity index (χ0v) is 7.47. The Labute approximate surface area is 79.6 Å². The van der Waals surface area contributed by atoms with Gasteiger partial charge in [-0.1, -0.05) is 0 Å². The van der Waals surface area contributed by atoms with Gasteiger partial charge < -0.3 is 14.4 Å². The molecule has 0 spiro atoms. The topological polar surface area (TPSA) is 64.4 Å². The molecule has 72 valence electrons. The molecule has 1 heterocycles. The second-order valence-electron chi connectivity index (χ2n) is 2.87. The molecule has 0 bridgehead atoms. The van der Waals surface area contributed by atoms with Crippen LogP contribution in [-0.2, 0) is 7.05 Å². The monoisotopic (exact) mass is 192 g/mol. The maximum absolute atomic E-state index is 10.3. The number of hydrogen-bond acceptors (Lipinski definition) is 3. The van der Waals surface area contributed by atoms with Crippen molar-refractivity contribution in [2.45, 2.75) is 0 Å². The van der Waals surface area contributed by atoms with Crippen LogP contribution in [0.25, 0.3) is 11.0 Å². The second-order valence-corrected chi connectivity index (χ2v) is 2.87. The van der Waals surface area contributed by atoms with Crippen LogP contribution >= 0.6 is 0 Å². The zero-order valence-electron chi connectivity index (χ0n) is 7.47. The number of fused-ring (bicyclic) bond motifs is 1. The molecule has 0 aliphatic carbocycles. The molecule has 0 atom stereocenters. The number of rotatable bonds is 1. The van der Waals surface area contributed by atoms with E-state index in [9.17, 15) is 4.79 Å². The molecule has 2 aromatic rings. The number of carboxylic acid groups (broad SMARTS) is 1. The maximum atomic E-state index is 10.3. The minimum atomic E-state index is -1.31. The van der Waals surface area contributed by atoms with Gasteiger partial charge in [-0.05, 0) is 12.1 Å². The molecule has 1 aromatic carbocycles. The van der Waals surface area contributed by atoms with Gasteiger partial charge in [-0.3, -0.25) is 0 Å². The molecule has 1 aromatic heterocycles. The summed E-state index contributed by atoms with van der Waals surface area (Å²) in [7, 11) is 1.83. The lowest BCUT2D eigenvalue weighted by molar-refractivity contribution is 0.144. The first kappa shape index (κ1) is 8.55. The summed E-state index contributed by atoms with van der Waals surface area (Å²) in [6.45, 7) is 0. The van der Waals surface area contributed by atoms with Crippen LogP contribution < -0.4 is 4.74 Å². The third kappa shape index (κ3) is 1.39. The van der Waals surface area contributed by atoms with Gasteiger partial charge >= 0.3 is 6.16 Å². The van der Waals surface area contributed by atoms with Gasteiger partial charge in [-0.2, -0.15) is 0 Å². The molecule has 14 heavy (non-hydrogen) atoms. The Hall–Kier alpha value is -2.04. The van der Waals surface area contributed by atoms with E-state index >= 15 is 0 Å². The lowest BCUT2D eigenvalue weighted by atomic mass is 10.3. The Bertz CT molecular complexity index is 490. The highest BCUT2D eigenvalue weighted by Crippen LogP contribution is 2.19. The van der Waals surface area contributed by atoms with E-state index in [2.05, 4.69) is 9.72 Å². The van der Waals surface area contributed by atoms with Crippen LogP contribution in [0.5, 0.6) is 5.75 Å². The minimum absolute atomic E-state index is 0.300. The number of benzene rings is 1. The van der Waals surface area contributed by atoms with E-state index < -0.39 is 6.16 Å². The van der Waals surface area contributed by atoms with Gasteiger partial charge in [0.15, 0.2) is 0 Å². The Balaban J connectivity index is 2.49. The van der Waals surface area contributed by atoms with E-state index in [1.165, 1.54) is 0 Å². The second kappa shape index (κ2) is 3.02. The SMILES string of the molecule is Cn1cnc2ccc(OC(=O)O)cc21. The van der Waals surface area contributed by atoms with Crippen LogP contribution in [0.15, 0.2) is 24.5 Å². The summed E-state index contributed by atoms with van der Waals surface area (Å²) in [4.78, 5) is 14.4. The lowest BCUT2D eigenvalue weighted by Crippen LogP contribution is -2.02. The molecule has 0 radical (unpaired) electrons. The van der Waals surface area contributed by atoms with Crippen LogP contribution in [0.3, 0.4) is 0 Å². The van der Waals surface area contributed by atoms with E-state index in [1.54, 1.807) is 29.1 Å². The number of hydrogen-bond donors (Lipinski definition) is 1. The van der Waals surface area contributed by atoms with Gasteiger partial charge in [0.1, 0.15) is 5.75 Å². The zero-order chi connectivity index (χ0) is 10.1. The largest absolute Gasteiger partial charge is 0.511 e. The fourth-order valence-corrected chi connectivity index (χ4v) is 1.27. The smallest absolute Gasteiger partial charge is 0.449 e. The van der Waals surface area contributed by atoms with Crippen molar-refractivity contribution >= 4 is 17.2 Å². The number of carbonyl (C=O) groups is 1. The van der Waals surface area contributed by atoms with Crippen molar-refractivity contribution in [1.82, 2.24) is 9.55 Å². The Kier molecular flexibility index (Phi) is 1.85. The summed E-state index contributed by atoms with van der Waals surface area (Å²) >= 11 is 0. The van der Waals surface area contributed by atoms with Gasteiger partial charge in [0.25, 0.3) is 0 Å². The summed E-state index contributed by atoms with van der Waals surface area (Å²) in [5, 5.41) is 8.41. The van der Waals surface area contributed by atoms with Crippen LogP contribution in [0.2, 0.25) is 0 Å². The van der Waals surface area contributed by atoms with Crippen LogP contribution in [0, 0.1) is 0 Å². The molecule has 0 saturated heterocycles. The fraction of sp³-hybridized carbons (Fsp3) is 0.111. The van der Waals surface area contributed by atoms with E-state index in [-0.39, 0.29) is 0 Å². The Morgan fingerprint density at radius 2 is 2.36 bits per heavy atom. The molecular formula is C9H8N2O3. The molecular weight excluding hydrogens is 184 g/mol. The highest BCUT2D eigenvalue weighted by molar-refractivity contribution is 5.77. The first-order valence-corrected chi connectivity index (χ1v) is 3.98. The quantitative estimate of drug-likeness (QED) is 0.551. The number of nitrogens with zero attached hydrogens (tertiary/aromatic N) is 2. The van der Waals surface area contributed by atoms with Crippen LogP contribution in [0.1, 0.15) is 0 Å². The summed E-state index contributed by atoms with van der Waals surface area (Å²) in [5.41, 5.74) is 1.65. The highest BCUT2D eigenvalue weighted by atomic mass is 16.7. The summed E-state index contributed by atoms with van der Waals surface area (Å²) < 4.78 is 6.32. The van der Waals surface area contributed by atoms with Gasteiger partial charge in [0.2, 0.25) is 0 Å². The third-order valence-electron chi connectivity index (χ3n) is 1.90. The van der Waals surface area contributed by atoms with Gasteiger partial charge in [0.05, 0.1) is 17.4 Å². The molecule has 0 amide bonds. The predicted molar refractivity (Wildman–Crippen MR) is 49.4 cm³/mol. The molecule has 5 nitrogen and oxygen atoms in total.